The van der Waals surface area contributed by atoms with Gasteiger partial charge in [0.05, 0.1) is 24.9 Å². The van der Waals surface area contributed by atoms with Gasteiger partial charge in [-0.15, -0.1) is 0 Å². The summed E-state index contributed by atoms with van der Waals surface area (Å²) in [5, 5.41) is 0. The molecule has 0 N–H and O–H groups in total. The Labute approximate surface area is 172 Å². The van der Waals surface area contributed by atoms with E-state index in [1.54, 1.807) is 6.07 Å². The number of rotatable bonds is 4. The molecule has 30 heavy (non-hydrogen) atoms. The number of benzene rings is 1. The van der Waals surface area contributed by atoms with E-state index in [1.165, 1.54) is 12.1 Å². The number of hydrogen-bond acceptors (Lipinski definition) is 4. The van der Waals surface area contributed by atoms with Crippen molar-refractivity contribution < 1.29 is 22.6 Å². The normalized spacial score (nSPS) is 16.4. The maximum atomic E-state index is 14.4. The third-order valence-corrected chi connectivity index (χ3v) is 5.01. The van der Waals surface area contributed by atoms with E-state index in [-0.39, 0.29) is 6.10 Å². The average Bonchev–Trinajstić information content (AvgIpc) is 2.89. The second-order valence-electron chi connectivity index (χ2n) is 7.44. The summed E-state index contributed by atoms with van der Waals surface area (Å²) < 4.78 is 51.4. The molecule has 0 saturated carbocycles. The largest absolute Gasteiger partial charge is 0.432 e. The molecule has 0 amide bonds. The summed E-state index contributed by atoms with van der Waals surface area (Å²) >= 11 is 0. The van der Waals surface area contributed by atoms with E-state index < -0.39 is 18.2 Å². The van der Waals surface area contributed by atoms with Crippen molar-refractivity contribution in [3.63, 3.8) is 0 Å². The Hall–Kier alpha value is -2.87. The van der Waals surface area contributed by atoms with Crippen LogP contribution in [0.5, 0.6) is 5.75 Å². The van der Waals surface area contributed by atoms with Crippen LogP contribution in [0.15, 0.2) is 30.3 Å². The number of imidazole rings is 1. The number of alkyl halides is 2. The summed E-state index contributed by atoms with van der Waals surface area (Å²) in [6, 6.07) is 7.86. The number of ether oxygens (including phenoxy) is 2. The van der Waals surface area contributed by atoms with Crippen molar-refractivity contribution in [1.82, 2.24) is 14.5 Å². The fourth-order valence-corrected chi connectivity index (χ4v) is 3.86. The third kappa shape index (κ3) is 4.05. The van der Waals surface area contributed by atoms with Gasteiger partial charge in [0.2, 0.25) is 0 Å². The van der Waals surface area contributed by atoms with Gasteiger partial charge in [-0.25, -0.2) is 9.37 Å². The molecule has 4 rings (SSSR count). The smallest absolute Gasteiger partial charge is 0.387 e. The van der Waals surface area contributed by atoms with Crippen LogP contribution in [-0.4, -0.2) is 33.9 Å². The first kappa shape index (κ1) is 20.4. The summed E-state index contributed by atoms with van der Waals surface area (Å²) in [4.78, 5) is 9.27. The Morgan fingerprint density at radius 3 is 2.50 bits per heavy atom. The second-order valence-corrected chi connectivity index (χ2v) is 7.44. The molecule has 0 spiro atoms. The monoisotopic (exact) mass is 417 g/mol. The van der Waals surface area contributed by atoms with Crippen LogP contribution in [-0.2, 0) is 17.7 Å². The van der Waals surface area contributed by atoms with Gasteiger partial charge in [0.25, 0.3) is 0 Å². The first-order valence-corrected chi connectivity index (χ1v) is 9.73. The SMILES string of the molecule is Cc1cc(-c2nc(-c3ccc(OC(F)F)c(F)c3)n3c2CCO[C@H](C)C3)cc(C)n1. The summed E-state index contributed by atoms with van der Waals surface area (Å²) in [6.45, 7) is 3.84. The van der Waals surface area contributed by atoms with Crippen LogP contribution in [0.1, 0.15) is 24.0 Å². The first-order valence-electron chi connectivity index (χ1n) is 9.73. The molecular formula is C22H22F3N3O2. The van der Waals surface area contributed by atoms with Crippen LogP contribution < -0.4 is 4.74 Å². The molecule has 1 aliphatic heterocycles. The molecule has 0 bridgehead atoms. The highest BCUT2D eigenvalue weighted by Crippen LogP contribution is 2.34. The highest BCUT2D eigenvalue weighted by molar-refractivity contribution is 5.69. The van der Waals surface area contributed by atoms with Gasteiger partial charge < -0.3 is 14.0 Å². The van der Waals surface area contributed by atoms with Crippen molar-refractivity contribution in [3.05, 3.63) is 53.2 Å². The van der Waals surface area contributed by atoms with Crippen molar-refractivity contribution >= 4 is 0 Å². The lowest BCUT2D eigenvalue weighted by atomic mass is 10.1. The lowest BCUT2D eigenvalue weighted by Crippen LogP contribution is -2.15. The number of aryl methyl sites for hydroxylation is 2. The molecule has 0 radical (unpaired) electrons. The predicted molar refractivity (Wildman–Crippen MR) is 106 cm³/mol. The zero-order chi connectivity index (χ0) is 21.4. The summed E-state index contributed by atoms with van der Waals surface area (Å²) in [5.74, 6) is -0.791. The van der Waals surface area contributed by atoms with Crippen molar-refractivity contribution in [2.24, 2.45) is 0 Å². The second kappa shape index (κ2) is 8.10. The Balaban J connectivity index is 1.86. The molecule has 1 atom stereocenters. The lowest BCUT2D eigenvalue weighted by molar-refractivity contribution is -0.0521. The molecule has 8 heteroatoms. The molecule has 2 aromatic heterocycles. The van der Waals surface area contributed by atoms with Gasteiger partial charge in [-0.1, -0.05) is 0 Å². The molecule has 1 aromatic carbocycles. The highest BCUT2D eigenvalue weighted by atomic mass is 19.3. The zero-order valence-electron chi connectivity index (χ0n) is 17.0. The van der Waals surface area contributed by atoms with Gasteiger partial charge in [-0.05, 0) is 51.1 Å². The maximum Gasteiger partial charge on any atom is 0.387 e. The van der Waals surface area contributed by atoms with Crippen LogP contribution in [0.2, 0.25) is 0 Å². The van der Waals surface area contributed by atoms with Crippen molar-refractivity contribution in [2.45, 2.75) is 46.5 Å². The van der Waals surface area contributed by atoms with E-state index in [0.717, 1.165) is 28.3 Å². The molecule has 3 heterocycles. The third-order valence-electron chi connectivity index (χ3n) is 5.01. The minimum atomic E-state index is -3.09. The number of hydrogen-bond donors (Lipinski definition) is 0. The van der Waals surface area contributed by atoms with Gasteiger partial charge in [0.15, 0.2) is 11.6 Å². The van der Waals surface area contributed by atoms with Crippen LogP contribution in [0, 0.1) is 19.7 Å². The minimum absolute atomic E-state index is 0.0424. The summed E-state index contributed by atoms with van der Waals surface area (Å²) in [6.07, 6.45) is 0.613. The maximum absolute atomic E-state index is 14.4. The van der Waals surface area contributed by atoms with Crippen molar-refractivity contribution in [3.8, 4) is 28.4 Å². The first-order chi connectivity index (χ1) is 14.3. The van der Waals surface area contributed by atoms with Gasteiger partial charge in [0.1, 0.15) is 5.82 Å². The van der Waals surface area contributed by atoms with Crippen LogP contribution >= 0.6 is 0 Å². The Morgan fingerprint density at radius 1 is 1.10 bits per heavy atom. The van der Waals surface area contributed by atoms with E-state index in [9.17, 15) is 13.2 Å². The number of nitrogens with zero attached hydrogens (tertiary/aromatic N) is 3. The van der Waals surface area contributed by atoms with Crippen LogP contribution in [0.3, 0.4) is 0 Å². The number of aromatic nitrogens is 3. The molecule has 0 saturated heterocycles. The van der Waals surface area contributed by atoms with E-state index >= 15 is 0 Å². The van der Waals surface area contributed by atoms with Crippen molar-refractivity contribution in [1.29, 1.82) is 0 Å². The zero-order valence-corrected chi connectivity index (χ0v) is 17.0. The Morgan fingerprint density at radius 2 is 1.83 bits per heavy atom. The van der Waals surface area contributed by atoms with Gasteiger partial charge >= 0.3 is 6.61 Å². The van der Waals surface area contributed by atoms with Gasteiger partial charge in [-0.3, -0.25) is 4.98 Å². The van der Waals surface area contributed by atoms with E-state index in [4.69, 9.17) is 9.72 Å². The molecule has 0 unspecified atom stereocenters. The number of fused-ring (bicyclic) bond motifs is 1. The topological polar surface area (TPSA) is 49.2 Å². The van der Waals surface area contributed by atoms with E-state index in [0.29, 0.717) is 31.0 Å². The Kier molecular flexibility index (Phi) is 5.51. The standard InChI is InChI=1S/C22H22F3N3O2/c1-12-8-16(9-13(2)26-12)20-18-6-7-29-14(3)11-28(18)21(27-20)15-4-5-19(17(23)10-15)30-22(24)25/h4-5,8-10,14,22H,6-7,11H2,1-3H3/t14-/m1/s1. The average molecular weight is 417 g/mol. The number of pyridine rings is 1. The predicted octanol–water partition coefficient (Wildman–Crippen LogP) is 4.93. The van der Waals surface area contributed by atoms with E-state index in [1.807, 2.05) is 37.5 Å². The lowest BCUT2D eigenvalue weighted by Gasteiger charge is -2.13. The molecule has 1 aliphatic rings. The fraction of sp³-hybridized carbons (Fsp3) is 0.364. The van der Waals surface area contributed by atoms with Crippen LogP contribution in [0.25, 0.3) is 22.6 Å². The van der Waals surface area contributed by atoms with Crippen LogP contribution in [0.4, 0.5) is 13.2 Å². The summed E-state index contributed by atoms with van der Waals surface area (Å²) in [5.41, 5.74) is 4.97. The quantitative estimate of drug-likeness (QED) is 0.604. The Bertz CT molecular complexity index is 1060. The molecule has 158 valence electrons. The van der Waals surface area contributed by atoms with Gasteiger partial charge in [-0.2, -0.15) is 8.78 Å². The molecule has 5 nitrogen and oxygen atoms in total. The van der Waals surface area contributed by atoms with Gasteiger partial charge in [0, 0.05) is 34.6 Å². The molecule has 0 aliphatic carbocycles. The van der Waals surface area contributed by atoms with Crippen molar-refractivity contribution in [2.75, 3.05) is 6.61 Å². The summed E-state index contributed by atoms with van der Waals surface area (Å²) in [7, 11) is 0. The molecule has 3 aromatic rings. The fourth-order valence-electron chi connectivity index (χ4n) is 3.86. The minimum Gasteiger partial charge on any atom is -0.432 e. The molecular weight excluding hydrogens is 395 g/mol. The molecule has 0 fully saturated rings. The number of halogens is 3. The van der Waals surface area contributed by atoms with E-state index in [2.05, 4.69) is 9.72 Å². The highest BCUT2D eigenvalue weighted by Gasteiger charge is 2.24.